The van der Waals surface area contributed by atoms with E-state index in [-0.39, 0.29) is 19.0 Å². The molecule has 174 valence electrons. The molecule has 0 saturated heterocycles. The molecule has 32 heavy (non-hydrogen) atoms. The minimum absolute atomic E-state index is 0.199. The summed E-state index contributed by atoms with van der Waals surface area (Å²) in [4.78, 5) is 27.5. The van der Waals surface area contributed by atoms with Crippen LogP contribution in [0.5, 0.6) is 0 Å². The summed E-state index contributed by atoms with van der Waals surface area (Å²) in [5, 5.41) is 2.82. The first-order valence-corrected chi connectivity index (χ1v) is 12.6. The maximum absolute atomic E-state index is 13.4. The van der Waals surface area contributed by atoms with Crippen molar-refractivity contribution in [1.29, 1.82) is 0 Å². The molecule has 7 nitrogen and oxygen atoms in total. The zero-order valence-electron chi connectivity index (χ0n) is 19.5. The van der Waals surface area contributed by atoms with E-state index >= 15 is 0 Å². The van der Waals surface area contributed by atoms with E-state index in [1.165, 1.54) is 4.90 Å². The SMILES string of the molecule is CCCNC(=O)[C@H](C)N(Cc1ccccc1)C(=O)CN(c1cc(C)ccc1C)S(C)(=O)=O. The van der Waals surface area contributed by atoms with Crippen molar-refractivity contribution in [3.8, 4) is 0 Å². The Kier molecular flexibility index (Phi) is 8.83. The van der Waals surface area contributed by atoms with Gasteiger partial charge in [0, 0.05) is 13.1 Å². The Bertz CT molecular complexity index is 1040. The third-order valence-corrected chi connectivity index (χ3v) is 6.35. The van der Waals surface area contributed by atoms with Gasteiger partial charge < -0.3 is 10.2 Å². The predicted molar refractivity (Wildman–Crippen MR) is 128 cm³/mol. The van der Waals surface area contributed by atoms with Gasteiger partial charge in [-0.1, -0.05) is 49.4 Å². The van der Waals surface area contributed by atoms with Crippen LogP contribution in [0.15, 0.2) is 48.5 Å². The minimum atomic E-state index is -3.73. The third kappa shape index (κ3) is 6.82. The van der Waals surface area contributed by atoms with Gasteiger partial charge in [-0.05, 0) is 49.9 Å². The van der Waals surface area contributed by atoms with Crippen molar-refractivity contribution >= 4 is 27.5 Å². The second kappa shape index (κ2) is 11.1. The third-order valence-electron chi connectivity index (χ3n) is 5.22. The highest BCUT2D eigenvalue weighted by Gasteiger charge is 2.30. The van der Waals surface area contributed by atoms with Gasteiger partial charge in [0.2, 0.25) is 21.8 Å². The van der Waals surface area contributed by atoms with Crippen molar-refractivity contribution in [2.75, 3.05) is 23.7 Å². The maximum atomic E-state index is 13.4. The molecule has 2 rings (SSSR count). The molecule has 1 N–H and O–H groups in total. The smallest absolute Gasteiger partial charge is 0.244 e. The number of sulfonamides is 1. The number of amides is 2. The molecule has 2 amide bonds. The van der Waals surface area contributed by atoms with Crippen LogP contribution in [0.3, 0.4) is 0 Å². The lowest BCUT2D eigenvalue weighted by atomic mass is 10.1. The Morgan fingerprint density at radius 3 is 2.31 bits per heavy atom. The van der Waals surface area contributed by atoms with Crippen molar-refractivity contribution in [2.45, 2.75) is 46.7 Å². The van der Waals surface area contributed by atoms with Crippen molar-refractivity contribution in [1.82, 2.24) is 10.2 Å². The zero-order chi connectivity index (χ0) is 23.9. The Balaban J connectivity index is 2.39. The molecule has 0 aliphatic rings. The van der Waals surface area contributed by atoms with Gasteiger partial charge in [0.25, 0.3) is 0 Å². The van der Waals surface area contributed by atoms with Crippen molar-refractivity contribution in [3.63, 3.8) is 0 Å². The Morgan fingerprint density at radius 1 is 1.06 bits per heavy atom. The number of rotatable bonds is 10. The summed E-state index contributed by atoms with van der Waals surface area (Å²) >= 11 is 0. The summed E-state index contributed by atoms with van der Waals surface area (Å²) in [5.41, 5.74) is 2.95. The maximum Gasteiger partial charge on any atom is 0.244 e. The summed E-state index contributed by atoms with van der Waals surface area (Å²) in [6, 6.07) is 14.1. The molecule has 0 bridgehead atoms. The Hall–Kier alpha value is -2.87. The fourth-order valence-electron chi connectivity index (χ4n) is 3.34. The van der Waals surface area contributed by atoms with Crippen LogP contribution in [0, 0.1) is 13.8 Å². The van der Waals surface area contributed by atoms with Crippen LogP contribution < -0.4 is 9.62 Å². The van der Waals surface area contributed by atoms with E-state index in [0.29, 0.717) is 12.2 Å². The van der Waals surface area contributed by atoms with Gasteiger partial charge in [-0.3, -0.25) is 13.9 Å². The van der Waals surface area contributed by atoms with Crippen LogP contribution in [0.1, 0.15) is 37.0 Å². The second-order valence-electron chi connectivity index (χ2n) is 8.03. The zero-order valence-corrected chi connectivity index (χ0v) is 20.3. The summed E-state index contributed by atoms with van der Waals surface area (Å²) in [6.07, 6.45) is 1.86. The van der Waals surface area contributed by atoms with Gasteiger partial charge >= 0.3 is 0 Å². The first-order chi connectivity index (χ1) is 15.0. The number of aryl methyl sites for hydroxylation is 2. The Morgan fingerprint density at radius 2 is 1.72 bits per heavy atom. The van der Waals surface area contributed by atoms with Crippen LogP contribution in [-0.2, 0) is 26.2 Å². The first-order valence-electron chi connectivity index (χ1n) is 10.7. The molecule has 0 aliphatic heterocycles. The molecule has 0 aromatic heterocycles. The predicted octanol–water partition coefficient (Wildman–Crippen LogP) is 3.01. The van der Waals surface area contributed by atoms with Gasteiger partial charge in [0.15, 0.2) is 0 Å². The van der Waals surface area contributed by atoms with E-state index in [9.17, 15) is 18.0 Å². The number of carbonyl (C=O) groups is 2. The molecule has 0 heterocycles. The number of anilines is 1. The van der Waals surface area contributed by atoms with Gasteiger partial charge in [0.05, 0.1) is 11.9 Å². The lowest BCUT2D eigenvalue weighted by Gasteiger charge is -2.32. The molecule has 0 saturated carbocycles. The largest absolute Gasteiger partial charge is 0.354 e. The first kappa shape index (κ1) is 25.4. The molecule has 0 aliphatic carbocycles. The van der Waals surface area contributed by atoms with Crippen LogP contribution >= 0.6 is 0 Å². The Labute approximate surface area is 191 Å². The van der Waals surface area contributed by atoms with E-state index in [1.54, 1.807) is 19.9 Å². The van der Waals surface area contributed by atoms with Gasteiger partial charge in [-0.15, -0.1) is 0 Å². The fourth-order valence-corrected chi connectivity index (χ4v) is 4.24. The second-order valence-corrected chi connectivity index (χ2v) is 9.94. The summed E-state index contributed by atoms with van der Waals surface area (Å²) in [5.74, 6) is -0.715. The quantitative estimate of drug-likeness (QED) is 0.592. The van der Waals surface area contributed by atoms with Crippen LogP contribution in [0.25, 0.3) is 0 Å². The molecular weight excluding hydrogens is 426 g/mol. The number of hydrogen-bond acceptors (Lipinski definition) is 4. The topological polar surface area (TPSA) is 86.8 Å². The standard InChI is InChI=1S/C24H33N3O4S/c1-6-14-25-24(29)20(4)26(16-21-10-8-7-9-11-21)23(28)17-27(32(5,30)31)22-15-18(2)12-13-19(22)3/h7-13,15,20H,6,14,16-17H2,1-5H3,(H,25,29)/t20-/m0/s1. The van der Waals surface area contributed by atoms with Gasteiger partial charge in [-0.25, -0.2) is 8.42 Å². The molecule has 0 radical (unpaired) electrons. The van der Waals surface area contributed by atoms with Crippen molar-refractivity contribution < 1.29 is 18.0 Å². The molecule has 0 fully saturated rings. The molecule has 0 spiro atoms. The van der Waals surface area contributed by atoms with E-state index in [0.717, 1.165) is 33.7 Å². The summed E-state index contributed by atoms with van der Waals surface area (Å²) in [7, 11) is -3.73. The van der Waals surface area contributed by atoms with Crippen LogP contribution in [0.2, 0.25) is 0 Å². The highest BCUT2D eigenvalue weighted by Crippen LogP contribution is 2.24. The molecule has 0 unspecified atom stereocenters. The minimum Gasteiger partial charge on any atom is -0.354 e. The van der Waals surface area contributed by atoms with Crippen molar-refractivity contribution in [3.05, 3.63) is 65.2 Å². The van der Waals surface area contributed by atoms with Crippen molar-refractivity contribution in [2.24, 2.45) is 0 Å². The van der Waals surface area contributed by atoms with E-state index in [1.807, 2.05) is 56.3 Å². The molecule has 2 aromatic rings. The number of nitrogens with zero attached hydrogens (tertiary/aromatic N) is 2. The lowest BCUT2D eigenvalue weighted by Crippen LogP contribution is -2.51. The average Bonchev–Trinajstić information content (AvgIpc) is 2.75. The number of nitrogens with one attached hydrogen (secondary N) is 1. The summed E-state index contributed by atoms with van der Waals surface area (Å²) < 4.78 is 26.4. The molecular formula is C24H33N3O4S. The lowest BCUT2D eigenvalue weighted by molar-refractivity contribution is -0.139. The van der Waals surface area contributed by atoms with E-state index < -0.39 is 22.0 Å². The summed E-state index contributed by atoms with van der Waals surface area (Å²) in [6.45, 7) is 7.61. The number of carbonyl (C=O) groups excluding carboxylic acids is 2. The highest BCUT2D eigenvalue weighted by molar-refractivity contribution is 7.92. The normalized spacial score (nSPS) is 12.2. The van der Waals surface area contributed by atoms with Gasteiger partial charge in [-0.2, -0.15) is 0 Å². The number of hydrogen-bond donors (Lipinski definition) is 1. The highest BCUT2D eigenvalue weighted by atomic mass is 32.2. The number of benzene rings is 2. The van der Waals surface area contributed by atoms with Crippen LogP contribution in [0.4, 0.5) is 5.69 Å². The molecule has 2 aromatic carbocycles. The van der Waals surface area contributed by atoms with E-state index in [4.69, 9.17) is 0 Å². The van der Waals surface area contributed by atoms with E-state index in [2.05, 4.69) is 5.32 Å². The monoisotopic (exact) mass is 459 g/mol. The van der Waals surface area contributed by atoms with Crippen LogP contribution in [-0.4, -0.2) is 50.5 Å². The molecule has 8 heteroatoms. The fraction of sp³-hybridized carbons (Fsp3) is 0.417. The molecule has 1 atom stereocenters. The van der Waals surface area contributed by atoms with Gasteiger partial charge in [0.1, 0.15) is 12.6 Å². The average molecular weight is 460 g/mol.